The zero-order valence-electron chi connectivity index (χ0n) is 10.8. The Hall–Kier alpha value is -2.31. The molecule has 0 aliphatic rings. The van der Waals surface area contributed by atoms with Crippen molar-refractivity contribution in [1.82, 2.24) is 9.78 Å². The second-order valence-corrected chi connectivity index (χ2v) is 4.84. The second-order valence-electron chi connectivity index (χ2n) is 4.40. The third-order valence-electron chi connectivity index (χ3n) is 2.94. The molecule has 0 unspecified atom stereocenters. The van der Waals surface area contributed by atoms with Gasteiger partial charge in [0.1, 0.15) is 0 Å². The van der Waals surface area contributed by atoms with Crippen LogP contribution in [0.3, 0.4) is 0 Å². The third-order valence-corrected chi connectivity index (χ3v) is 3.19. The van der Waals surface area contributed by atoms with Gasteiger partial charge in [-0.05, 0) is 29.8 Å². The van der Waals surface area contributed by atoms with Gasteiger partial charge in [0.25, 0.3) is 5.89 Å². The van der Waals surface area contributed by atoms with E-state index in [4.69, 9.17) is 20.4 Å². The van der Waals surface area contributed by atoms with Crippen LogP contribution in [0.25, 0.3) is 11.7 Å². The van der Waals surface area contributed by atoms with Crippen LogP contribution in [0.15, 0.2) is 56.3 Å². The quantitative estimate of drug-likeness (QED) is 0.801. The molecule has 7 heteroatoms. The van der Waals surface area contributed by atoms with Gasteiger partial charge in [0.15, 0.2) is 5.76 Å². The van der Waals surface area contributed by atoms with E-state index in [2.05, 4.69) is 5.10 Å². The summed E-state index contributed by atoms with van der Waals surface area (Å²) in [4.78, 5) is 11.7. The average molecular weight is 307 g/mol. The maximum Gasteiger partial charge on any atom is 0.437 e. The van der Waals surface area contributed by atoms with Gasteiger partial charge >= 0.3 is 5.76 Å². The highest BCUT2D eigenvalue weighted by Gasteiger charge is 2.16. The summed E-state index contributed by atoms with van der Waals surface area (Å²) in [6.07, 6.45) is 0.561. The van der Waals surface area contributed by atoms with Gasteiger partial charge in [-0.15, -0.1) is 5.10 Å². The van der Waals surface area contributed by atoms with E-state index >= 15 is 0 Å². The highest BCUT2D eigenvalue weighted by Crippen LogP contribution is 2.19. The number of halogens is 1. The molecule has 21 heavy (non-hydrogen) atoms. The number of aliphatic hydroxyl groups is 1. The van der Waals surface area contributed by atoms with E-state index in [1.165, 1.54) is 6.26 Å². The van der Waals surface area contributed by atoms with Crippen LogP contribution in [0.2, 0.25) is 5.02 Å². The summed E-state index contributed by atoms with van der Waals surface area (Å²) in [5.41, 5.74) is 0.633. The molecular weight excluding hydrogens is 296 g/mol. The summed E-state index contributed by atoms with van der Waals surface area (Å²) < 4.78 is 11.1. The van der Waals surface area contributed by atoms with Crippen molar-refractivity contribution < 1.29 is 13.9 Å². The molecule has 2 aromatic heterocycles. The number of aromatic nitrogens is 2. The number of hydrogen-bond acceptors (Lipinski definition) is 5. The van der Waals surface area contributed by atoms with Crippen molar-refractivity contribution in [3.05, 3.63) is 63.8 Å². The zero-order chi connectivity index (χ0) is 14.8. The van der Waals surface area contributed by atoms with E-state index in [-0.39, 0.29) is 12.4 Å². The van der Waals surface area contributed by atoms with Crippen molar-refractivity contribution in [2.45, 2.75) is 12.6 Å². The molecule has 1 N–H and O–H groups in total. The van der Waals surface area contributed by atoms with Crippen LogP contribution in [0.5, 0.6) is 0 Å². The van der Waals surface area contributed by atoms with Gasteiger partial charge in [-0.2, -0.15) is 4.68 Å². The lowest BCUT2D eigenvalue weighted by molar-refractivity contribution is 0.148. The van der Waals surface area contributed by atoms with Crippen LogP contribution in [0.4, 0.5) is 0 Å². The Morgan fingerprint density at radius 1 is 1.29 bits per heavy atom. The Kier molecular flexibility index (Phi) is 3.64. The third kappa shape index (κ3) is 2.91. The van der Waals surface area contributed by atoms with Gasteiger partial charge < -0.3 is 13.9 Å². The first-order chi connectivity index (χ1) is 10.1. The summed E-state index contributed by atoms with van der Waals surface area (Å²) in [6.45, 7) is -0.0231. The number of aliphatic hydroxyl groups excluding tert-OH is 1. The molecule has 1 aromatic carbocycles. The number of benzene rings is 1. The van der Waals surface area contributed by atoms with Gasteiger partial charge in [0.2, 0.25) is 0 Å². The fourth-order valence-electron chi connectivity index (χ4n) is 1.88. The Labute approximate surface area is 124 Å². The molecule has 0 spiro atoms. The largest absolute Gasteiger partial charge is 0.459 e. The van der Waals surface area contributed by atoms with Gasteiger partial charge in [0, 0.05) is 5.02 Å². The van der Waals surface area contributed by atoms with Crippen molar-refractivity contribution >= 4 is 11.6 Å². The molecule has 0 saturated carbocycles. The van der Waals surface area contributed by atoms with Crippen LogP contribution in [0.1, 0.15) is 11.7 Å². The fourth-order valence-corrected chi connectivity index (χ4v) is 2.00. The number of nitrogens with zero attached hydrogens (tertiary/aromatic N) is 2. The molecule has 6 nitrogen and oxygen atoms in total. The molecule has 0 aliphatic heterocycles. The van der Waals surface area contributed by atoms with Crippen LogP contribution in [-0.4, -0.2) is 14.9 Å². The summed E-state index contributed by atoms with van der Waals surface area (Å²) in [7, 11) is 0. The van der Waals surface area contributed by atoms with Gasteiger partial charge in [-0.1, -0.05) is 23.7 Å². The van der Waals surface area contributed by atoms with Gasteiger partial charge in [-0.25, -0.2) is 4.79 Å². The van der Waals surface area contributed by atoms with Crippen molar-refractivity contribution in [3.8, 4) is 11.7 Å². The Balaban J connectivity index is 1.82. The molecule has 0 saturated heterocycles. The lowest BCUT2D eigenvalue weighted by atomic mass is 10.1. The van der Waals surface area contributed by atoms with Crippen LogP contribution in [-0.2, 0) is 6.54 Å². The first-order valence-corrected chi connectivity index (χ1v) is 6.56. The predicted molar refractivity (Wildman–Crippen MR) is 74.9 cm³/mol. The smallest absolute Gasteiger partial charge is 0.437 e. The van der Waals surface area contributed by atoms with E-state index < -0.39 is 11.9 Å². The van der Waals surface area contributed by atoms with Gasteiger partial charge in [-0.3, -0.25) is 0 Å². The normalized spacial score (nSPS) is 12.5. The average Bonchev–Trinajstić information content (AvgIpc) is 3.10. The molecule has 3 rings (SSSR count). The fraction of sp³-hybridized carbons (Fsp3) is 0.143. The first kappa shape index (κ1) is 13.7. The topological polar surface area (TPSA) is 81.4 Å². The van der Waals surface area contributed by atoms with Gasteiger partial charge in [0.05, 0.1) is 18.9 Å². The molecule has 0 bridgehead atoms. The van der Waals surface area contributed by atoms with E-state index in [1.54, 1.807) is 36.4 Å². The summed E-state index contributed by atoms with van der Waals surface area (Å²) in [5, 5.41) is 14.7. The van der Waals surface area contributed by atoms with E-state index in [0.717, 1.165) is 4.68 Å². The van der Waals surface area contributed by atoms with Crippen molar-refractivity contribution in [2.24, 2.45) is 0 Å². The maximum atomic E-state index is 11.7. The molecular formula is C14H11ClN2O4. The highest BCUT2D eigenvalue weighted by atomic mass is 35.5. The maximum absolute atomic E-state index is 11.7. The molecule has 0 fully saturated rings. The molecule has 0 radical (unpaired) electrons. The summed E-state index contributed by atoms with van der Waals surface area (Å²) in [6, 6.07) is 10.00. The van der Waals surface area contributed by atoms with Crippen molar-refractivity contribution in [2.75, 3.05) is 0 Å². The number of rotatable bonds is 4. The Morgan fingerprint density at radius 3 is 2.71 bits per heavy atom. The predicted octanol–water partition coefficient (Wildman–Crippen LogP) is 2.48. The van der Waals surface area contributed by atoms with E-state index in [1.807, 2.05) is 0 Å². The lowest BCUT2D eigenvalue weighted by Crippen LogP contribution is -2.20. The second kappa shape index (κ2) is 5.59. The summed E-state index contributed by atoms with van der Waals surface area (Å²) in [5.74, 6) is -0.227. The van der Waals surface area contributed by atoms with Crippen LogP contribution < -0.4 is 5.76 Å². The zero-order valence-corrected chi connectivity index (χ0v) is 11.5. The number of furan rings is 1. The molecule has 3 aromatic rings. The molecule has 1 atom stereocenters. The molecule has 0 aliphatic carbocycles. The van der Waals surface area contributed by atoms with Crippen molar-refractivity contribution in [1.29, 1.82) is 0 Å². The van der Waals surface area contributed by atoms with E-state index in [9.17, 15) is 9.90 Å². The van der Waals surface area contributed by atoms with Crippen LogP contribution >= 0.6 is 11.6 Å². The Bertz CT molecular complexity index is 774. The lowest BCUT2D eigenvalue weighted by Gasteiger charge is -2.09. The summed E-state index contributed by atoms with van der Waals surface area (Å²) >= 11 is 5.79. The monoisotopic (exact) mass is 306 g/mol. The minimum Gasteiger partial charge on any atom is -0.459 e. The SMILES string of the molecule is O=c1oc(-c2ccco2)nn1C[C@H](O)c1ccc(Cl)cc1. The highest BCUT2D eigenvalue weighted by molar-refractivity contribution is 6.30. The Morgan fingerprint density at radius 2 is 2.05 bits per heavy atom. The first-order valence-electron chi connectivity index (χ1n) is 6.19. The molecule has 108 valence electrons. The van der Waals surface area contributed by atoms with E-state index in [0.29, 0.717) is 16.3 Å². The molecule has 2 heterocycles. The molecule has 0 amide bonds. The number of hydrogen-bond donors (Lipinski definition) is 1. The van der Waals surface area contributed by atoms with Crippen molar-refractivity contribution in [3.63, 3.8) is 0 Å². The standard InChI is InChI=1S/C14H11ClN2O4/c15-10-5-3-9(4-6-10)11(18)8-17-14(19)21-13(16-17)12-2-1-7-20-12/h1-7,11,18H,8H2/t11-/m0/s1. The minimum absolute atomic E-state index is 0.0231. The van der Waals surface area contributed by atoms with Crippen LogP contribution in [0, 0.1) is 0 Å². The minimum atomic E-state index is -0.894.